The Kier molecular flexibility index (Phi) is 5.52. The van der Waals surface area contributed by atoms with E-state index in [2.05, 4.69) is 15.5 Å². The SMILES string of the molecule is CCOc1ccccc1-c1noc(CNCCOC)n1. The zero-order valence-corrected chi connectivity index (χ0v) is 11.8. The molecule has 0 fully saturated rings. The van der Waals surface area contributed by atoms with Crippen LogP contribution >= 0.6 is 0 Å². The predicted molar refractivity (Wildman–Crippen MR) is 74.5 cm³/mol. The molecule has 2 rings (SSSR count). The highest BCUT2D eigenvalue weighted by atomic mass is 16.5. The topological polar surface area (TPSA) is 69.4 Å². The van der Waals surface area contributed by atoms with Crippen LogP contribution in [0.3, 0.4) is 0 Å². The van der Waals surface area contributed by atoms with Crippen molar-refractivity contribution in [2.75, 3.05) is 26.9 Å². The van der Waals surface area contributed by atoms with Gasteiger partial charge in [-0.3, -0.25) is 0 Å². The quantitative estimate of drug-likeness (QED) is 0.743. The van der Waals surface area contributed by atoms with Gasteiger partial charge in [0.2, 0.25) is 11.7 Å². The van der Waals surface area contributed by atoms with E-state index in [0.29, 0.717) is 31.5 Å². The molecule has 2 aromatic rings. The molecule has 0 radical (unpaired) electrons. The van der Waals surface area contributed by atoms with Gasteiger partial charge in [-0.1, -0.05) is 17.3 Å². The molecule has 20 heavy (non-hydrogen) atoms. The number of hydrogen-bond acceptors (Lipinski definition) is 6. The lowest BCUT2D eigenvalue weighted by Gasteiger charge is -2.06. The van der Waals surface area contributed by atoms with Gasteiger partial charge in [-0.15, -0.1) is 0 Å². The molecule has 0 aliphatic heterocycles. The number of hydrogen-bond donors (Lipinski definition) is 1. The molecule has 6 heteroatoms. The smallest absolute Gasteiger partial charge is 0.240 e. The third-order valence-electron chi connectivity index (χ3n) is 2.66. The van der Waals surface area contributed by atoms with E-state index in [4.69, 9.17) is 14.0 Å². The number of benzene rings is 1. The molecule has 1 aromatic carbocycles. The van der Waals surface area contributed by atoms with Crippen LogP contribution in [0.2, 0.25) is 0 Å². The van der Waals surface area contributed by atoms with Gasteiger partial charge in [0.1, 0.15) is 5.75 Å². The van der Waals surface area contributed by atoms with Crippen molar-refractivity contribution in [2.24, 2.45) is 0 Å². The monoisotopic (exact) mass is 277 g/mol. The van der Waals surface area contributed by atoms with Gasteiger partial charge in [-0.05, 0) is 19.1 Å². The van der Waals surface area contributed by atoms with E-state index in [1.807, 2.05) is 31.2 Å². The summed E-state index contributed by atoms with van der Waals surface area (Å²) in [5.74, 6) is 1.84. The lowest BCUT2D eigenvalue weighted by atomic mass is 10.2. The number of nitrogens with zero attached hydrogens (tertiary/aromatic N) is 2. The van der Waals surface area contributed by atoms with Crippen molar-refractivity contribution in [1.82, 2.24) is 15.5 Å². The first kappa shape index (κ1) is 14.5. The molecule has 6 nitrogen and oxygen atoms in total. The fourth-order valence-corrected chi connectivity index (χ4v) is 1.74. The average molecular weight is 277 g/mol. The van der Waals surface area contributed by atoms with E-state index in [9.17, 15) is 0 Å². The Balaban J connectivity index is 2.04. The fourth-order valence-electron chi connectivity index (χ4n) is 1.74. The first-order valence-corrected chi connectivity index (χ1v) is 6.59. The molecule has 1 aromatic heterocycles. The maximum atomic E-state index is 5.56. The molecule has 0 saturated carbocycles. The van der Waals surface area contributed by atoms with Crippen LogP contribution in [0.15, 0.2) is 28.8 Å². The van der Waals surface area contributed by atoms with Crippen molar-refractivity contribution in [3.8, 4) is 17.1 Å². The van der Waals surface area contributed by atoms with Gasteiger partial charge in [0.05, 0.1) is 25.3 Å². The minimum atomic E-state index is 0.521. The molecule has 0 spiro atoms. The summed E-state index contributed by atoms with van der Waals surface area (Å²) < 4.78 is 15.7. The maximum Gasteiger partial charge on any atom is 0.240 e. The summed E-state index contributed by atoms with van der Waals surface area (Å²) in [7, 11) is 1.66. The summed E-state index contributed by atoms with van der Waals surface area (Å²) in [6.45, 7) is 4.45. The third-order valence-corrected chi connectivity index (χ3v) is 2.66. The highest BCUT2D eigenvalue weighted by molar-refractivity contribution is 5.63. The van der Waals surface area contributed by atoms with Gasteiger partial charge in [0, 0.05) is 13.7 Å². The summed E-state index contributed by atoms with van der Waals surface area (Å²) in [6.07, 6.45) is 0. The molecule has 0 aliphatic rings. The van der Waals surface area contributed by atoms with E-state index in [1.54, 1.807) is 7.11 Å². The van der Waals surface area contributed by atoms with E-state index in [1.165, 1.54) is 0 Å². The van der Waals surface area contributed by atoms with Crippen molar-refractivity contribution in [2.45, 2.75) is 13.5 Å². The highest BCUT2D eigenvalue weighted by Gasteiger charge is 2.12. The number of nitrogens with one attached hydrogen (secondary N) is 1. The molecule has 1 N–H and O–H groups in total. The molecular weight excluding hydrogens is 258 g/mol. The minimum absolute atomic E-state index is 0.521. The van der Waals surface area contributed by atoms with E-state index >= 15 is 0 Å². The van der Waals surface area contributed by atoms with Crippen molar-refractivity contribution in [1.29, 1.82) is 0 Å². The van der Waals surface area contributed by atoms with Crippen LogP contribution in [0.25, 0.3) is 11.4 Å². The Morgan fingerprint density at radius 2 is 2.15 bits per heavy atom. The maximum absolute atomic E-state index is 5.56. The molecule has 0 aliphatic carbocycles. The zero-order chi connectivity index (χ0) is 14.2. The molecule has 108 valence electrons. The van der Waals surface area contributed by atoms with Crippen molar-refractivity contribution < 1.29 is 14.0 Å². The van der Waals surface area contributed by atoms with Gasteiger partial charge in [0.25, 0.3) is 0 Å². The van der Waals surface area contributed by atoms with E-state index < -0.39 is 0 Å². The van der Waals surface area contributed by atoms with Gasteiger partial charge in [-0.2, -0.15) is 4.98 Å². The van der Waals surface area contributed by atoms with Crippen LogP contribution in [-0.4, -0.2) is 37.0 Å². The first-order chi connectivity index (χ1) is 9.85. The normalized spacial score (nSPS) is 10.7. The minimum Gasteiger partial charge on any atom is -0.493 e. The second-order valence-corrected chi connectivity index (χ2v) is 4.11. The second-order valence-electron chi connectivity index (χ2n) is 4.11. The van der Waals surface area contributed by atoms with Crippen molar-refractivity contribution in [3.05, 3.63) is 30.2 Å². The lowest BCUT2D eigenvalue weighted by Crippen LogP contribution is -2.18. The van der Waals surface area contributed by atoms with Gasteiger partial charge >= 0.3 is 0 Å². The zero-order valence-electron chi connectivity index (χ0n) is 11.8. The van der Waals surface area contributed by atoms with E-state index in [-0.39, 0.29) is 0 Å². The van der Waals surface area contributed by atoms with Crippen LogP contribution in [0.5, 0.6) is 5.75 Å². The summed E-state index contributed by atoms with van der Waals surface area (Å²) >= 11 is 0. The number of aromatic nitrogens is 2. The van der Waals surface area contributed by atoms with Crippen molar-refractivity contribution >= 4 is 0 Å². The summed E-state index contributed by atoms with van der Waals surface area (Å²) in [5.41, 5.74) is 0.834. The first-order valence-electron chi connectivity index (χ1n) is 6.59. The number of rotatable bonds is 8. The summed E-state index contributed by atoms with van der Waals surface area (Å²) in [6, 6.07) is 7.65. The van der Waals surface area contributed by atoms with Crippen LogP contribution in [0.4, 0.5) is 0 Å². The van der Waals surface area contributed by atoms with Gasteiger partial charge in [-0.25, -0.2) is 0 Å². The Hall–Kier alpha value is -1.92. The summed E-state index contributed by atoms with van der Waals surface area (Å²) in [4.78, 5) is 4.36. The van der Waals surface area contributed by atoms with Crippen molar-refractivity contribution in [3.63, 3.8) is 0 Å². The molecule has 0 bridgehead atoms. The molecule has 0 saturated heterocycles. The van der Waals surface area contributed by atoms with Crippen LogP contribution in [-0.2, 0) is 11.3 Å². The Morgan fingerprint density at radius 1 is 1.30 bits per heavy atom. The lowest BCUT2D eigenvalue weighted by molar-refractivity contribution is 0.197. The molecular formula is C14H19N3O3. The standard InChI is InChI=1S/C14H19N3O3/c1-3-19-12-7-5-4-6-11(12)14-16-13(20-17-14)10-15-8-9-18-2/h4-7,15H,3,8-10H2,1-2H3. The Morgan fingerprint density at radius 3 is 2.95 bits per heavy atom. The molecule has 0 amide bonds. The largest absolute Gasteiger partial charge is 0.493 e. The number of para-hydroxylation sites is 1. The number of methoxy groups -OCH3 is 1. The number of ether oxygens (including phenoxy) is 2. The average Bonchev–Trinajstić information content (AvgIpc) is 2.93. The second kappa shape index (κ2) is 7.62. The van der Waals surface area contributed by atoms with Crippen LogP contribution in [0, 0.1) is 0 Å². The predicted octanol–water partition coefficient (Wildman–Crippen LogP) is 1.87. The van der Waals surface area contributed by atoms with Gasteiger partial charge in [0.15, 0.2) is 0 Å². The molecule has 0 atom stereocenters. The Labute approximate surface area is 118 Å². The van der Waals surface area contributed by atoms with Crippen LogP contribution < -0.4 is 10.1 Å². The fraction of sp³-hybridized carbons (Fsp3) is 0.429. The van der Waals surface area contributed by atoms with Crippen LogP contribution in [0.1, 0.15) is 12.8 Å². The van der Waals surface area contributed by atoms with Gasteiger partial charge < -0.3 is 19.3 Å². The molecule has 0 unspecified atom stereocenters. The Bertz CT molecular complexity index is 528. The van der Waals surface area contributed by atoms with E-state index in [0.717, 1.165) is 17.9 Å². The molecule has 1 heterocycles. The highest BCUT2D eigenvalue weighted by Crippen LogP contribution is 2.27. The third kappa shape index (κ3) is 3.79. The summed E-state index contributed by atoms with van der Waals surface area (Å²) in [5, 5.41) is 7.15.